The lowest BCUT2D eigenvalue weighted by molar-refractivity contribution is 0.1000. The maximum atomic E-state index is 11.4. The Hall–Kier alpha value is -2.55. The highest BCUT2D eigenvalue weighted by Crippen LogP contribution is 2.50. The first-order chi connectivity index (χ1) is 12.6. The summed E-state index contributed by atoms with van der Waals surface area (Å²) in [6.45, 7) is 9.33. The monoisotopic (exact) mass is 363 g/mol. The number of hydrogen-bond donors (Lipinski definition) is 2. The third kappa shape index (κ3) is 4.41. The topological polar surface area (TPSA) is 63.3 Å². The molecule has 0 spiro atoms. The van der Waals surface area contributed by atoms with Crippen LogP contribution >= 0.6 is 0 Å². The standard InChI is InChI=1S/C24H29NO2/c1-23(2)13-19(14-24(3,4)15-23)21(17-9-11-20(26)12-10-17)16-5-7-18(8-6-16)22(25)27/h5-12,26H,13-15H2,1-4H3,(H2,25,27). The molecule has 0 heterocycles. The second-order valence-corrected chi connectivity index (χ2v) is 9.33. The second kappa shape index (κ2) is 6.88. The fraction of sp³-hybridized carbons (Fsp3) is 0.375. The van der Waals surface area contributed by atoms with Crippen LogP contribution in [0.4, 0.5) is 0 Å². The van der Waals surface area contributed by atoms with Crippen LogP contribution in [0, 0.1) is 10.8 Å². The van der Waals surface area contributed by atoms with Gasteiger partial charge in [0.2, 0.25) is 5.91 Å². The minimum absolute atomic E-state index is 0.229. The number of phenols is 1. The van der Waals surface area contributed by atoms with E-state index in [1.807, 2.05) is 24.3 Å². The minimum Gasteiger partial charge on any atom is -0.508 e. The van der Waals surface area contributed by atoms with Gasteiger partial charge in [0.15, 0.2) is 0 Å². The van der Waals surface area contributed by atoms with Crippen molar-refractivity contribution in [1.82, 2.24) is 0 Å². The zero-order valence-electron chi connectivity index (χ0n) is 16.7. The van der Waals surface area contributed by atoms with Crippen molar-refractivity contribution in [2.24, 2.45) is 16.6 Å². The van der Waals surface area contributed by atoms with Crippen molar-refractivity contribution in [3.63, 3.8) is 0 Å². The Morgan fingerprint density at radius 3 is 1.67 bits per heavy atom. The number of amides is 1. The zero-order chi connectivity index (χ0) is 19.8. The fourth-order valence-electron chi connectivity index (χ4n) is 4.82. The third-order valence-corrected chi connectivity index (χ3v) is 5.31. The van der Waals surface area contributed by atoms with Crippen LogP contribution in [0.5, 0.6) is 5.75 Å². The maximum absolute atomic E-state index is 11.4. The van der Waals surface area contributed by atoms with E-state index in [1.54, 1.807) is 24.3 Å². The van der Waals surface area contributed by atoms with Crippen LogP contribution in [0.3, 0.4) is 0 Å². The van der Waals surface area contributed by atoms with E-state index in [0.717, 1.165) is 24.0 Å². The molecule has 2 aromatic carbocycles. The number of primary amides is 1. The average molecular weight is 364 g/mol. The van der Waals surface area contributed by atoms with E-state index < -0.39 is 5.91 Å². The minimum atomic E-state index is -0.416. The van der Waals surface area contributed by atoms with Crippen molar-refractivity contribution in [3.05, 3.63) is 70.8 Å². The summed E-state index contributed by atoms with van der Waals surface area (Å²) in [5.74, 6) is -0.156. The van der Waals surface area contributed by atoms with Gasteiger partial charge in [0.05, 0.1) is 0 Å². The summed E-state index contributed by atoms with van der Waals surface area (Å²) in [4.78, 5) is 11.4. The molecule has 3 heteroatoms. The smallest absolute Gasteiger partial charge is 0.248 e. The molecule has 0 atom stereocenters. The molecule has 0 radical (unpaired) electrons. The highest BCUT2D eigenvalue weighted by Gasteiger charge is 2.37. The number of carbonyl (C=O) groups is 1. The Kier molecular flexibility index (Phi) is 4.90. The second-order valence-electron chi connectivity index (χ2n) is 9.33. The van der Waals surface area contributed by atoms with E-state index in [1.165, 1.54) is 17.6 Å². The number of aromatic hydroxyl groups is 1. The lowest BCUT2D eigenvalue weighted by atomic mass is 9.62. The number of rotatable bonds is 3. The van der Waals surface area contributed by atoms with Gasteiger partial charge in [0.1, 0.15) is 5.75 Å². The molecule has 1 aliphatic carbocycles. The van der Waals surface area contributed by atoms with Crippen molar-refractivity contribution in [2.75, 3.05) is 0 Å². The average Bonchev–Trinajstić information content (AvgIpc) is 2.54. The van der Waals surface area contributed by atoms with Crippen LogP contribution in [0.1, 0.15) is 68.4 Å². The van der Waals surface area contributed by atoms with Crippen LogP contribution in [0.25, 0.3) is 5.57 Å². The molecule has 1 saturated carbocycles. The number of hydrogen-bond acceptors (Lipinski definition) is 2. The van der Waals surface area contributed by atoms with E-state index in [4.69, 9.17) is 5.73 Å². The molecule has 1 amide bonds. The maximum Gasteiger partial charge on any atom is 0.248 e. The molecular formula is C24H29NO2. The lowest BCUT2D eigenvalue weighted by Crippen LogP contribution is -2.30. The van der Waals surface area contributed by atoms with Crippen LogP contribution in [0.2, 0.25) is 0 Å². The Morgan fingerprint density at radius 1 is 0.815 bits per heavy atom. The van der Waals surface area contributed by atoms with Crippen LogP contribution in [-0.2, 0) is 0 Å². The van der Waals surface area contributed by atoms with E-state index in [9.17, 15) is 9.90 Å². The van der Waals surface area contributed by atoms with Crippen molar-refractivity contribution >= 4 is 11.5 Å². The van der Waals surface area contributed by atoms with Gasteiger partial charge >= 0.3 is 0 Å². The molecule has 2 aromatic rings. The molecule has 0 aromatic heterocycles. The highest BCUT2D eigenvalue weighted by atomic mass is 16.3. The van der Waals surface area contributed by atoms with E-state index >= 15 is 0 Å². The van der Waals surface area contributed by atoms with Crippen molar-refractivity contribution in [1.29, 1.82) is 0 Å². The molecular weight excluding hydrogens is 334 g/mol. The van der Waals surface area contributed by atoms with Crippen molar-refractivity contribution in [3.8, 4) is 5.75 Å². The van der Waals surface area contributed by atoms with Crippen LogP contribution < -0.4 is 5.73 Å². The first-order valence-electron chi connectivity index (χ1n) is 9.48. The molecule has 3 rings (SSSR count). The summed E-state index contributed by atoms with van der Waals surface area (Å²) in [5.41, 5.74) is 11.2. The van der Waals surface area contributed by atoms with Gasteiger partial charge in [-0.2, -0.15) is 0 Å². The summed E-state index contributed by atoms with van der Waals surface area (Å²) in [6, 6.07) is 14.9. The van der Waals surface area contributed by atoms with Gasteiger partial charge in [0, 0.05) is 5.56 Å². The van der Waals surface area contributed by atoms with Crippen LogP contribution in [-0.4, -0.2) is 11.0 Å². The number of phenolic OH excluding ortho intramolecular Hbond substituents is 1. The molecule has 3 nitrogen and oxygen atoms in total. The summed E-state index contributed by atoms with van der Waals surface area (Å²) in [6.07, 6.45) is 3.25. The van der Waals surface area contributed by atoms with E-state index in [-0.39, 0.29) is 16.6 Å². The number of carbonyl (C=O) groups excluding carboxylic acids is 1. The van der Waals surface area contributed by atoms with Gasteiger partial charge < -0.3 is 10.8 Å². The highest BCUT2D eigenvalue weighted by molar-refractivity contribution is 5.93. The number of allylic oxidation sites excluding steroid dienone is 1. The van der Waals surface area contributed by atoms with Gasteiger partial charge in [-0.15, -0.1) is 0 Å². The molecule has 142 valence electrons. The molecule has 0 unspecified atom stereocenters. The Morgan fingerprint density at radius 2 is 1.22 bits per heavy atom. The number of nitrogens with two attached hydrogens (primary N) is 1. The van der Waals surface area contributed by atoms with Crippen molar-refractivity contribution < 1.29 is 9.90 Å². The van der Waals surface area contributed by atoms with Crippen LogP contribution in [0.15, 0.2) is 54.1 Å². The Labute approximate surface area is 161 Å². The molecule has 0 aliphatic heterocycles. The fourth-order valence-corrected chi connectivity index (χ4v) is 4.82. The first-order valence-corrected chi connectivity index (χ1v) is 9.48. The van der Waals surface area contributed by atoms with Gasteiger partial charge in [-0.3, -0.25) is 4.79 Å². The Balaban J connectivity index is 2.18. The summed E-state index contributed by atoms with van der Waals surface area (Å²) in [7, 11) is 0. The van der Waals surface area contributed by atoms with Crippen molar-refractivity contribution in [2.45, 2.75) is 47.0 Å². The summed E-state index contributed by atoms with van der Waals surface area (Å²) in [5, 5.41) is 9.72. The lowest BCUT2D eigenvalue weighted by Gasteiger charge is -2.43. The first kappa shape index (κ1) is 19.2. The molecule has 1 aliphatic rings. The summed E-state index contributed by atoms with van der Waals surface area (Å²) < 4.78 is 0. The molecule has 0 bridgehead atoms. The summed E-state index contributed by atoms with van der Waals surface area (Å²) >= 11 is 0. The number of benzene rings is 2. The molecule has 0 saturated heterocycles. The molecule has 3 N–H and O–H groups in total. The van der Waals surface area contributed by atoms with Gasteiger partial charge in [-0.25, -0.2) is 0 Å². The van der Waals surface area contributed by atoms with E-state index in [0.29, 0.717) is 5.56 Å². The largest absolute Gasteiger partial charge is 0.508 e. The predicted molar refractivity (Wildman–Crippen MR) is 111 cm³/mol. The normalized spacial score (nSPS) is 18.1. The quantitative estimate of drug-likeness (QED) is 0.753. The SMILES string of the molecule is CC1(C)CC(=C(c2ccc(O)cc2)c2ccc(C(N)=O)cc2)CC(C)(C)C1. The molecule has 27 heavy (non-hydrogen) atoms. The van der Waals surface area contributed by atoms with Gasteiger partial charge in [0.25, 0.3) is 0 Å². The predicted octanol–water partition coefficient (Wildman–Crippen LogP) is 5.53. The van der Waals surface area contributed by atoms with E-state index in [2.05, 4.69) is 27.7 Å². The zero-order valence-corrected chi connectivity index (χ0v) is 16.7. The third-order valence-electron chi connectivity index (χ3n) is 5.31. The Bertz CT molecular complexity index is 854. The van der Waals surface area contributed by atoms with Gasteiger partial charge in [-0.1, -0.05) is 57.5 Å². The molecule has 1 fully saturated rings. The van der Waals surface area contributed by atoms with Gasteiger partial charge in [-0.05, 0) is 71.1 Å².